The zero-order valence-corrected chi connectivity index (χ0v) is 11.8. The molecule has 0 atom stereocenters. The second-order valence-corrected chi connectivity index (χ2v) is 4.90. The minimum absolute atomic E-state index is 0.0919. The maximum absolute atomic E-state index is 11.3. The molecule has 1 aromatic carbocycles. The highest BCUT2D eigenvalue weighted by molar-refractivity contribution is 7.97. The monoisotopic (exact) mass is 278 g/mol. The summed E-state index contributed by atoms with van der Waals surface area (Å²) in [6.07, 6.45) is 7.09. The number of nitrogens with one attached hydrogen (secondary N) is 1. The Labute approximate surface area is 117 Å². The lowest BCUT2D eigenvalue weighted by molar-refractivity contribution is -0.116. The fourth-order valence-electron chi connectivity index (χ4n) is 1.94. The summed E-state index contributed by atoms with van der Waals surface area (Å²) in [5, 5.41) is 2.86. The van der Waals surface area contributed by atoms with Crippen molar-refractivity contribution in [3.05, 3.63) is 23.8 Å². The Morgan fingerprint density at radius 2 is 2.37 bits per heavy atom. The molecule has 0 aromatic heterocycles. The van der Waals surface area contributed by atoms with E-state index >= 15 is 0 Å². The molecule has 1 N–H and O–H groups in total. The first kappa shape index (κ1) is 13.9. The van der Waals surface area contributed by atoms with Crippen LogP contribution in [0.5, 0.6) is 5.75 Å². The molecule has 0 saturated carbocycles. The molecule has 2 rings (SSSR count). The van der Waals surface area contributed by atoms with Gasteiger partial charge in [0.05, 0.1) is 6.61 Å². The summed E-state index contributed by atoms with van der Waals surface area (Å²) in [5.74, 6) is 0.964. The van der Waals surface area contributed by atoms with E-state index in [-0.39, 0.29) is 5.91 Å². The number of nitrogens with zero attached hydrogens (tertiary/aromatic N) is 1. The van der Waals surface area contributed by atoms with Gasteiger partial charge in [-0.05, 0) is 55.0 Å². The molecule has 0 radical (unpaired) electrons. The van der Waals surface area contributed by atoms with Crippen molar-refractivity contribution >= 4 is 29.8 Å². The summed E-state index contributed by atoms with van der Waals surface area (Å²) in [4.78, 5) is 11.3. The molecule has 0 fully saturated rings. The first-order chi connectivity index (χ1) is 9.29. The Balaban J connectivity index is 1.82. The number of aryl methyl sites for hydroxylation is 1. The van der Waals surface area contributed by atoms with Crippen molar-refractivity contribution in [1.29, 1.82) is 0 Å². The number of unbranched alkanes of at least 4 members (excludes halogenated alkanes) is 1. The van der Waals surface area contributed by atoms with Gasteiger partial charge in [-0.3, -0.25) is 4.79 Å². The van der Waals surface area contributed by atoms with Crippen molar-refractivity contribution in [1.82, 2.24) is 0 Å². The number of rotatable bonds is 6. The fraction of sp³-hybridized carbons (Fsp3) is 0.429. The van der Waals surface area contributed by atoms with E-state index in [1.54, 1.807) is 0 Å². The fourth-order valence-corrected chi connectivity index (χ4v) is 2.20. The zero-order valence-electron chi connectivity index (χ0n) is 11.0. The number of carbonyl (C=O) groups is 1. The SMILES string of the molecule is CSN=CCCCOc1ccc2c(c1)CCC(=O)N2. The molecule has 1 aromatic rings. The molecular formula is C14H18N2O2S. The highest BCUT2D eigenvalue weighted by Crippen LogP contribution is 2.26. The largest absolute Gasteiger partial charge is 0.494 e. The van der Waals surface area contributed by atoms with Gasteiger partial charge in [0.2, 0.25) is 5.91 Å². The molecule has 1 aliphatic rings. The number of anilines is 1. The van der Waals surface area contributed by atoms with E-state index in [0.29, 0.717) is 13.0 Å². The molecule has 19 heavy (non-hydrogen) atoms. The maximum atomic E-state index is 11.3. The molecule has 0 unspecified atom stereocenters. The number of amides is 1. The summed E-state index contributed by atoms with van der Waals surface area (Å²) in [6, 6.07) is 5.84. The van der Waals surface area contributed by atoms with Gasteiger partial charge < -0.3 is 10.1 Å². The van der Waals surface area contributed by atoms with Crippen molar-refractivity contribution in [3.8, 4) is 5.75 Å². The summed E-state index contributed by atoms with van der Waals surface area (Å²) in [7, 11) is 0. The number of fused-ring (bicyclic) bond motifs is 1. The van der Waals surface area contributed by atoms with Crippen molar-refractivity contribution in [2.45, 2.75) is 25.7 Å². The minimum Gasteiger partial charge on any atom is -0.494 e. The lowest BCUT2D eigenvalue weighted by Crippen LogP contribution is -2.18. The third kappa shape index (κ3) is 4.28. The molecule has 1 heterocycles. The summed E-state index contributed by atoms with van der Waals surface area (Å²) < 4.78 is 9.77. The second kappa shape index (κ2) is 7.19. The van der Waals surface area contributed by atoms with Gasteiger partial charge in [-0.15, -0.1) is 0 Å². The van der Waals surface area contributed by atoms with Crippen molar-refractivity contribution in [3.63, 3.8) is 0 Å². The Morgan fingerprint density at radius 1 is 1.47 bits per heavy atom. The van der Waals surface area contributed by atoms with Gasteiger partial charge in [-0.2, -0.15) is 0 Å². The highest BCUT2D eigenvalue weighted by Gasteiger charge is 2.14. The van der Waals surface area contributed by atoms with Crippen molar-refractivity contribution in [2.24, 2.45) is 4.40 Å². The van der Waals surface area contributed by atoms with E-state index in [0.717, 1.165) is 36.3 Å². The quantitative estimate of drug-likeness (QED) is 0.494. The van der Waals surface area contributed by atoms with Gasteiger partial charge in [0.15, 0.2) is 0 Å². The van der Waals surface area contributed by atoms with E-state index in [9.17, 15) is 4.79 Å². The van der Waals surface area contributed by atoms with Gasteiger partial charge in [-0.25, -0.2) is 4.40 Å². The topological polar surface area (TPSA) is 50.7 Å². The first-order valence-corrected chi connectivity index (χ1v) is 7.58. The lowest BCUT2D eigenvalue weighted by atomic mass is 10.0. The van der Waals surface area contributed by atoms with Crippen LogP contribution in [0, 0.1) is 0 Å². The number of carbonyl (C=O) groups excluding carboxylic acids is 1. The number of ether oxygens (including phenoxy) is 1. The molecule has 102 valence electrons. The van der Waals surface area contributed by atoms with E-state index in [4.69, 9.17) is 4.74 Å². The molecule has 0 saturated heterocycles. The molecular weight excluding hydrogens is 260 g/mol. The normalized spacial score (nSPS) is 14.3. The molecule has 1 aliphatic heterocycles. The van der Waals surface area contributed by atoms with Crippen LogP contribution in [0.2, 0.25) is 0 Å². The summed E-state index contributed by atoms with van der Waals surface area (Å²) >= 11 is 1.47. The van der Waals surface area contributed by atoms with E-state index in [2.05, 4.69) is 9.71 Å². The smallest absolute Gasteiger partial charge is 0.224 e. The van der Waals surface area contributed by atoms with Crippen molar-refractivity contribution < 1.29 is 9.53 Å². The average molecular weight is 278 g/mol. The van der Waals surface area contributed by atoms with Crippen LogP contribution in [0.15, 0.2) is 22.6 Å². The standard InChI is InChI=1S/C14H18N2O2S/c1-19-15-8-2-3-9-18-12-5-6-13-11(10-12)4-7-14(17)16-13/h5-6,8,10H,2-4,7,9H2,1H3,(H,16,17). The highest BCUT2D eigenvalue weighted by atomic mass is 32.2. The van der Waals surface area contributed by atoms with Crippen LogP contribution in [0.25, 0.3) is 0 Å². The lowest BCUT2D eigenvalue weighted by Gasteiger charge is -2.17. The van der Waals surface area contributed by atoms with E-state index in [1.807, 2.05) is 30.7 Å². The molecule has 0 aliphatic carbocycles. The van der Waals surface area contributed by atoms with Crippen LogP contribution in [-0.4, -0.2) is 25.0 Å². The Bertz CT molecular complexity index is 475. The van der Waals surface area contributed by atoms with E-state index < -0.39 is 0 Å². The first-order valence-electron chi connectivity index (χ1n) is 6.40. The zero-order chi connectivity index (χ0) is 13.5. The van der Waals surface area contributed by atoms with Gasteiger partial charge in [0.25, 0.3) is 0 Å². The van der Waals surface area contributed by atoms with Gasteiger partial charge in [-0.1, -0.05) is 0 Å². The summed E-state index contributed by atoms with van der Waals surface area (Å²) in [5.41, 5.74) is 2.07. The Kier molecular flexibility index (Phi) is 5.27. The second-order valence-electron chi connectivity index (χ2n) is 4.33. The van der Waals surface area contributed by atoms with E-state index in [1.165, 1.54) is 11.9 Å². The van der Waals surface area contributed by atoms with Gasteiger partial charge in [0.1, 0.15) is 5.75 Å². The van der Waals surface area contributed by atoms with Crippen LogP contribution in [0.1, 0.15) is 24.8 Å². The van der Waals surface area contributed by atoms with Crippen LogP contribution >= 0.6 is 11.9 Å². The van der Waals surface area contributed by atoms with Crippen LogP contribution in [0.4, 0.5) is 5.69 Å². The third-order valence-electron chi connectivity index (χ3n) is 2.90. The van der Waals surface area contributed by atoms with Crippen molar-refractivity contribution in [2.75, 3.05) is 18.2 Å². The number of benzene rings is 1. The van der Waals surface area contributed by atoms with Crippen LogP contribution in [0.3, 0.4) is 0 Å². The molecule has 0 spiro atoms. The summed E-state index contributed by atoms with van der Waals surface area (Å²) in [6.45, 7) is 0.686. The maximum Gasteiger partial charge on any atom is 0.224 e. The van der Waals surface area contributed by atoms with Gasteiger partial charge in [0, 0.05) is 24.6 Å². The van der Waals surface area contributed by atoms with Crippen LogP contribution < -0.4 is 10.1 Å². The third-order valence-corrected chi connectivity index (χ3v) is 3.26. The molecule has 0 bridgehead atoms. The molecule has 5 heteroatoms. The molecule has 4 nitrogen and oxygen atoms in total. The number of hydrogen-bond acceptors (Lipinski definition) is 4. The Morgan fingerprint density at radius 3 is 3.21 bits per heavy atom. The minimum atomic E-state index is 0.0919. The van der Waals surface area contributed by atoms with Crippen LogP contribution in [-0.2, 0) is 11.2 Å². The predicted molar refractivity (Wildman–Crippen MR) is 80.1 cm³/mol. The van der Waals surface area contributed by atoms with Gasteiger partial charge >= 0.3 is 0 Å². The molecule has 1 amide bonds. The Hall–Kier alpha value is -1.49. The predicted octanol–water partition coefficient (Wildman–Crippen LogP) is 3.08. The average Bonchev–Trinajstić information content (AvgIpc) is 2.43. The number of hydrogen-bond donors (Lipinski definition) is 1.